The van der Waals surface area contributed by atoms with Crippen molar-refractivity contribution in [2.75, 3.05) is 0 Å². The third kappa shape index (κ3) is 2.04. The predicted octanol–water partition coefficient (Wildman–Crippen LogP) is 1.56. The molecule has 46 valence electrons. The molecular weight excluding hydrogens is 175 g/mol. The van der Waals surface area contributed by atoms with Crippen LogP contribution in [0.15, 0.2) is 35.3 Å². The first-order valence-corrected chi connectivity index (χ1v) is 3.87. The summed E-state index contributed by atoms with van der Waals surface area (Å²) in [5, 5.41) is 0. The van der Waals surface area contributed by atoms with Crippen LogP contribution in [-0.4, -0.2) is 16.0 Å². The van der Waals surface area contributed by atoms with Gasteiger partial charge in [0.15, 0.2) is 0 Å². The standard InChI is InChI=1S/C8H8Se/c9-7-6-8-4-2-1-3-5-8/h1-7,9H. The molecule has 9 heavy (non-hydrogen) atoms. The molecule has 0 saturated heterocycles. The minimum atomic E-state index is 1.25. The zero-order chi connectivity index (χ0) is 6.53. The van der Waals surface area contributed by atoms with E-state index in [4.69, 9.17) is 0 Å². The Morgan fingerprint density at radius 3 is 2.33 bits per heavy atom. The van der Waals surface area contributed by atoms with Gasteiger partial charge in [0.1, 0.15) is 0 Å². The van der Waals surface area contributed by atoms with Crippen LogP contribution in [0.2, 0.25) is 0 Å². The number of rotatable bonds is 1. The van der Waals surface area contributed by atoms with E-state index in [0.717, 1.165) is 0 Å². The summed E-state index contributed by atoms with van der Waals surface area (Å²) in [5.74, 6) is 0. The van der Waals surface area contributed by atoms with Gasteiger partial charge in [0.05, 0.1) is 0 Å². The second kappa shape index (κ2) is 3.49. The van der Waals surface area contributed by atoms with Crippen molar-refractivity contribution in [1.82, 2.24) is 0 Å². The van der Waals surface area contributed by atoms with E-state index in [0.29, 0.717) is 0 Å². The molecule has 0 spiro atoms. The van der Waals surface area contributed by atoms with Crippen molar-refractivity contribution in [2.45, 2.75) is 0 Å². The van der Waals surface area contributed by atoms with Crippen LogP contribution in [0.1, 0.15) is 5.56 Å². The van der Waals surface area contributed by atoms with E-state index in [1.54, 1.807) is 0 Å². The quantitative estimate of drug-likeness (QED) is 0.579. The van der Waals surface area contributed by atoms with Crippen molar-refractivity contribution in [3.8, 4) is 0 Å². The molecule has 1 aromatic carbocycles. The van der Waals surface area contributed by atoms with Gasteiger partial charge in [0.25, 0.3) is 0 Å². The molecule has 0 aliphatic rings. The molecule has 0 unspecified atom stereocenters. The Morgan fingerprint density at radius 1 is 1.11 bits per heavy atom. The molecule has 0 aromatic heterocycles. The first kappa shape index (κ1) is 6.60. The van der Waals surface area contributed by atoms with Gasteiger partial charge in [0.2, 0.25) is 0 Å². The Balaban J connectivity index is 2.85. The van der Waals surface area contributed by atoms with Crippen LogP contribution in [0.5, 0.6) is 0 Å². The van der Waals surface area contributed by atoms with Gasteiger partial charge in [0, 0.05) is 0 Å². The summed E-state index contributed by atoms with van der Waals surface area (Å²) < 4.78 is 0. The second-order valence-corrected chi connectivity index (χ2v) is 2.35. The van der Waals surface area contributed by atoms with Crippen molar-refractivity contribution < 1.29 is 0 Å². The molecule has 0 radical (unpaired) electrons. The maximum absolute atomic E-state index is 2.42. The van der Waals surface area contributed by atoms with Crippen LogP contribution in [0.4, 0.5) is 0 Å². The van der Waals surface area contributed by atoms with Gasteiger partial charge < -0.3 is 0 Å². The molecule has 0 N–H and O–H groups in total. The van der Waals surface area contributed by atoms with Crippen molar-refractivity contribution in [3.05, 3.63) is 40.9 Å². The SMILES string of the molecule is [SeH]C=Cc1ccccc1. The van der Waals surface area contributed by atoms with Crippen LogP contribution in [0, 0.1) is 0 Å². The Kier molecular flexibility index (Phi) is 2.56. The first-order valence-electron chi connectivity index (χ1n) is 2.79. The first-order chi connectivity index (χ1) is 4.43. The van der Waals surface area contributed by atoms with Crippen LogP contribution >= 0.6 is 0 Å². The zero-order valence-electron chi connectivity index (χ0n) is 4.99. The topological polar surface area (TPSA) is 0 Å². The predicted molar refractivity (Wildman–Crippen MR) is 42.6 cm³/mol. The fourth-order valence-electron chi connectivity index (χ4n) is 0.650. The van der Waals surface area contributed by atoms with Gasteiger partial charge >= 0.3 is 63.0 Å². The van der Waals surface area contributed by atoms with Crippen LogP contribution in [-0.2, 0) is 0 Å². The normalized spacial score (nSPS) is 10.3. The van der Waals surface area contributed by atoms with Gasteiger partial charge in [-0.25, -0.2) is 0 Å². The Morgan fingerprint density at radius 2 is 1.78 bits per heavy atom. The van der Waals surface area contributed by atoms with E-state index >= 15 is 0 Å². The monoisotopic (exact) mass is 184 g/mol. The molecule has 0 heterocycles. The summed E-state index contributed by atoms with van der Waals surface area (Å²) in [6, 6.07) is 10.2. The average molecular weight is 183 g/mol. The average Bonchev–Trinajstić information content (AvgIpc) is 1.91. The molecule has 0 nitrogen and oxygen atoms in total. The molecular formula is C8H8Se. The number of hydrogen-bond acceptors (Lipinski definition) is 0. The van der Waals surface area contributed by atoms with Crippen LogP contribution < -0.4 is 0 Å². The van der Waals surface area contributed by atoms with Crippen molar-refractivity contribution >= 4 is 22.1 Å². The maximum atomic E-state index is 2.42. The Bertz CT molecular complexity index is 189. The molecule has 1 rings (SSSR count). The van der Waals surface area contributed by atoms with Gasteiger partial charge in [-0.3, -0.25) is 0 Å². The van der Waals surface area contributed by atoms with Crippen LogP contribution in [0.25, 0.3) is 6.08 Å². The summed E-state index contributed by atoms with van der Waals surface area (Å²) >= 11 is 2.42. The molecule has 0 fully saturated rings. The van der Waals surface area contributed by atoms with E-state index in [1.165, 1.54) is 5.56 Å². The van der Waals surface area contributed by atoms with E-state index in [1.807, 2.05) is 23.2 Å². The van der Waals surface area contributed by atoms with Gasteiger partial charge in [-0.05, 0) is 0 Å². The summed E-state index contributed by atoms with van der Waals surface area (Å²) in [4.78, 5) is 1.97. The third-order valence-corrected chi connectivity index (χ3v) is 1.38. The molecule has 0 aliphatic carbocycles. The van der Waals surface area contributed by atoms with Gasteiger partial charge in [-0.1, -0.05) is 0 Å². The third-order valence-electron chi connectivity index (χ3n) is 1.07. The molecule has 0 saturated carbocycles. The van der Waals surface area contributed by atoms with E-state index in [2.05, 4.69) is 34.2 Å². The Hall–Kier alpha value is -0.521. The van der Waals surface area contributed by atoms with Gasteiger partial charge in [-0.15, -0.1) is 0 Å². The van der Waals surface area contributed by atoms with Gasteiger partial charge in [-0.2, -0.15) is 0 Å². The van der Waals surface area contributed by atoms with Crippen LogP contribution in [0.3, 0.4) is 0 Å². The fraction of sp³-hybridized carbons (Fsp3) is 0. The van der Waals surface area contributed by atoms with Crippen molar-refractivity contribution in [1.29, 1.82) is 0 Å². The number of hydrogen-bond donors (Lipinski definition) is 0. The summed E-state index contributed by atoms with van der Waals surface area (Å²) in [6.07, 6.45) is 2.06. The fourth-order valence-corrected chi connectivity index (χ4v) is 1.01. The molecule has 0 bridgehead atoms. The molecule has 0 aliphatic heterocycles. The summed E-state index contributed by atoms with van der Waals surface area (Å²) in [6.45, 7) is 0. The van der Waals surface area contributed by atoms with E-state index < -0.39 is 0 Å². The molecule has 0 atom stereocenters. The molecule has 0 amide bonds. The molecule has 1 aromatic rings. The zero-order valence-corrected chi connectivity index (χ0v) is 6.87. The van der Waals surface area contributed by atoms with E-state index in [9.17, 15) is 0 Å². The molecule has 1 heteroatoms. The minimum absolute atomic E-state index is 1.25. The second-order valence-electron chi connectivity index (χ2n) is 1.73. The van der Waals surface area contributed by atoms with Crippen molar-refractivity contribution in [2.24, 2.45) is 0 Å². The summed E-state index contributed by atoms with van der Waals surface area (Å²) in [7, 11) is 0. The van der Waals surface area contributed by atoms with Crippen molar-refractivity contribution in [3.63, 3.8) is 0 Å². The summed E-state index contributed by atoms with van der Waals surface area (Å²) in [5.41, 5.74) is 1.25. The van der Waals surface area contributed by atoms with E-state index in [-0.39, 0.29) is 0 Å². The Labute approximate surface area is 63.4 Å². The number of benzene rings is 1.